The SMILES string of the molecule is CC=CCCc1ccc(C2CCC(CCC3CCC(C[C@H](C)c4ccccc4)CC3)CC2)cc1. The molecule has 1 atom stereocenters. The molecule has 2 saturated carbocycles. The van der Waals surface area contributed by atoms with E-state index in [0.29, 0.717) is 5.92 Å². The summed E-state index contributed by atoms with van der Waals surface area (Å²) in [4.78, 5) is 0. The molecule has 2 aliphatic carbocycles. The van der Waals surface area contributed by atoms with Crippen molar-refractivity contribution in [3.63, 3.8) is 0 Å². The summed E-state index contributed by atoms with van der Waals surface area (Å²) in [5.41, 5.74) is 4.61. The summed E-state index contributed by atoms with van der Waals surface area (Å²) in [5, 5.41) is 0. The van der Waals surface area contributed by atoms with Gasteiger partial charge in [0, 0.05) is 0 Å². The van der Waals surface area contributed by atoms with Crippen molar-refractivity contribution in [2.75, 3.05) is 0 Å². The summed E-state index contributed by atoms with van der Waals surface area (Å²) < 4.78 is 0. The van der Waals surface area contributed by atoms with Crippen LogP contribution in [0.1, 0.15) is 119 Å². The summed E-state index contributed by atoms with van der Waals surface area (Å²) in [6.07, 6.45) is 22.8. The molecule has 2 fully saturated rings. The maximum absolute atomic E-state index is 2.43. The second-order valence-electron chi connectivity index (χ2n) is 11.6. The van der Waals surface area contributed by atoms with E-state index in [2.05, 4.69) is 80.6 Å². The van der Waals surface area contributed by atoms with Crippen LogP contribution in [-0.4, -0.2) is 0 Å². The molecule has 0 spiro atoms. The van der Waals surface area contributed by atoms with E-state index in [4.69, 9.17) is 0 Å². The lowest BCUT2D eigenvalue weighted by atomic mass is 9.73. The molecule has 0 radical (unpaired) electrons. The Kier molecular flexibility index (Phi) is 9.90. The first-order valence-corrected chi connectivity index (χ1v) is 14.5. The fraction of sp³-hybridized carbons (Fsp3) is 0.588. The molecule has 0 nitrogen and oxygen atoms in total. The van der Waals surface area contributed by atoms with Gasteiger partial charge in [-0.05, 0) is 98.1 Å². The molecule has 0 bridgehead atoms. The van der Waals surface area contributed by atoms with E-state index in [1.165, 1.54) is 88.2 Å². The van der Waals surface area contributed by atoms with Crippen LogP contribution in [0.15, 0.2) is 66.7 Å². The van der Waals surface area contributed by atoms with Gasteiger partial charge in [0.2, 0.25) is 0 Å². The standard InChI is InChI=1S/C34H48/c1-3-4-6-9-28-18-22-33(23-19-28)34-24-20-30(21-25-34)13-12-29-14-16-31(17-15-29)26-27(2)32-10-7-5-8-11-32/h3-5,7-8,10-11,18-19,22-23,27,29-31,34H,6,9,12-17,20-21,24-26H2,1-2H3/t27-,29?,30?,31?,34?/m0/s1. The molecule has 0 amide bonds. The summed E-state index contributed by atoms with van der Waals surface area (Å²) in [6.45, 7) is 4.54. The molecule has 0 unspecified atom stereocenters. The average Bonchev–Trinajstić information content (AvgIpc) is 2.90. The first kappa shape index (κ1) is 25.3. The second-order valence-corrected chi connectivity index (χ2v) is 11.6. The van der Waals surface area contributed by atoms with Crippen molar-refractivity contribution < 1.29 is 0 Å². The van der Waals surface area contributed by atoms with E-state index in [0.717, 1.165) is 30.1 Å². The van der Waals surface area contributed by atoms with E-state index >= 15 is 0 Å². The normalized spacial score (nSPS) is 26.5. The third-order valence-corrected chi connectivity index (χ3v) is 9.14. The molecule has 0 aromatic heterocycles. The Morgan fingerprint density at radius 2 is 1.32 bits per heavy atom. The fourth-order valence-electron chi connectivity index (χ4n) is 6.80. The Bertz CT molecular complexity index is 829. The Morgan fingerprint density at radius 1 is 0.735 bits per heavy atom. The van der Waals surface area contributed by atoms with Crippen LogP contribution in [0.4, 0.5) is 0 Å². The first-order valence-electron chi connectivity index (χ1n) is 14.5. The minimum atomic E-state index is 0.715. The van der Waals surface area contributed by atoms with Gasteiger partial charge in [-0.2, -0.15) is 0 Å². The van der Waals surface area contributed by atoms with Gasteiger partial charge in [0.05, 0.1) is 0 Å². The van der Waals surface area contributed by atoms with Gasteiger partial charge in [0.15, 0.2) is 0 Å². The van der Waals surface area contributed by atoms with Crippen molar-refractivity contribution in [2.24, 2.45) is 17.8 Å². The highest BCUT2D eigenvalue weighted by molar-refractivity contribution is 5.26. The van der Waals surface area contributed by atoms with Crippen molar-refractivity contribution in [1.82, 2.24) is 0 Å². The van der Waals surface area contributed by atoms with E-state index in [-0.39, 0.29) is 0 Å². The van der Waals surface area contributed by atoms with Crippen LogP contribution in [0.25, 0.3) is 0 Å². The molecule has 0 saturated heterocycles. The number of allylic oxidation sites excluding steroid dienone is 2. The molecule has 0 N–H and O–H groups in total. The van der Waals surface area contributed by atoms with Gasteiger partial charge in [-0.3, -0.25) is 0 Å². The van der Waals surface area contributed by atoms with Crippen LogP contribution in [0.2, 0.25) is 0 Å². The fourth-order valence-corrected chi connectivity index (χ4v) is 6.80. The number of aryl methyl sites for hydroxylation is 1. The van der Waals surface area contributed by atoms with Crippen LogP contribution in [0, 0.1) is 17.8 Å². The number of hydrogen-bond donors (Lipinski definition) is 0. The molecule has 2 aromatic rings. The predicted octanol–water partition coefficient (Wildman–Crippen LogP) is 10.2. The Hall–Kier alpha value is -1.82. The number of benzene rings is 2. The van der Waals surface area contributed by atoms with E-state index in [1.54, 1.807) is 5.56 Å². The Labute approximate surface area is 210 Å². The molecule has 0 aliphatic heterocycles. The van der Waals surface area contributed by atoms with Crippen molar-refractivity contribution in [2.45, 2.75) is 109 Å². The lowest BCUT2D eigenvalue weighted by Gasteiger charge is -2.33. The molecule has 2 aromatic carbocycles. The monoisotopic (exact) mass is 456 g/mol. The van der Waals surface area contributed by atoms with Gasteiger partial charge in [-0.15, -0.1) is 0 Å². The number of rotatable bonds is 10. The molecular weight excluding hydrogens is 408 g/mol. The highest BCUT2D eigenvalue weighted by Crippen LogP contribution is 2.41. The van der Waals surface area contributed by atoms with Crippen molar-refractivity contribution in [1.29, 1.82) is 0 Å². The van der Waals surface area contributed by atoms with E-state index in [9.17, 15) is 0 Å². The summed E-state index contributed by atoms with van der Waals surface area (Å²) >= 11 is 0. The largest absolute Gasteiger partial charge is 0.0917 e. The van der Waals surface area contributed by atoms with E-state index in [1.807, 2.05) is 0 Å². The highest BCUT2D eigenvalue weighted by Gasteiger charge is 2.26. The summed E-state index contributed by atoms with van der Waals surface area (Å²) in [7, 11) is 0. The third-order valence-electron chi connectivity index (χ3n) is 9.14. The lowest BCUT2D eigenvalue weighted by Crippen LogP contribution is -2.18. The zero-order chi connectivity index (χ0) is 23.6. The van der Waals surface area contributed by atoms with Gasteiger partial charge >= 0.3 is 0 Å². The molecule has 2 aliphatic rings. The van der Waals surface area contributed by atoms with E-state index < -0.39 is 0 Å². The topological polar surface area (TPSA) is 0 Å². The Balaban J connectivity index is 1.11. The third kappa shape index (κ3) is 7.59. The minimum Gasteiger partial charge on any atom is -0.0917 e. The van der Waals surface area contributed by atoms with Gasteiger partial charge in [-0.25, -0.2) is 0 Å². The van der Waals surface area contributed by atoms with Crippen LogP contribution >= 0.6 is 0 Å². The first-order chi connectivity index (χ1) is 16.7. The zero-order valence-corrected chi connectivity index (χ0v) is 21.9. The lowest BCUT2D eigenvalue weighted by molar-refractivity contribution is 0.220. The van der Waals surface area contributed by atoms with Crippen molar-refractivity contribution in [3.05, 3.63) is 83.4 Å². The summed E-state index contributed by atoms with van der Waals surface area (Å²) in [6, 6.07) is 20.8. The number of hydrogen-bond acceptors (Lipinski definition) is 0. The maximum Gasteiger partial charge on any atom is -0.0162 e. The maximum atomic E-state index is 2.43. The smallest absolute Gasteiger partial charge is 0.0162 e. The van der Waals surface area contributed by atoms with Crippen LogP contribution < -0.4 is 0 Å². The Morgan fingerprint density at radius 3 is 1.94 bits per heavy atom. The highest BCUT2D eigenvalue weighted by atomic mass is 14.3. The molecular formula is C34H48. The zero-order valence-electron chi connectivity index (χ0n) is 21.9. The molecule has 4 rings (SSSR count). The van der Waals surface area contributed by atoms with Gasteiger partial charge in [-0.1, -0.05) is 112 Å². The molecule has 0 heterocycles. The van der Waals surface area contributed by atoms with Crippen molar-refractivity contribution >= 4 is 0 Å². The van der Waals surface area contributed by atoms with Crippen molar-refractivity contribution in [3.8, 4) is 0 Å². The van der Waals surface area contributed by atoms with Crippen LogP contribution in [-0.2, 0) is 6.42 Å². The van der Waals surface area contributed by atoms with Gasteiger partial charge < -0.3 is 0 Å². The average molecular weight is 457 g/mol. The van der Waals surface area contributed by atoms with Crippen LogP contribution in [0.5, 0.6) is 0 Å². The minimum absolute atomic E-state index is 0.715. The van der Waals surface area contributed by atoms with Crippen LogP contribution in [0.3, 0.4) is 0 Å². The predicted molar refractivity (Wildman–Crippen MR) is 148 cm³/mol. The summed E-state index contributed by atoms with van der Waals surface area (Å²) in [5.74, 6) is 4.48. The quantitative estimate of drug-likeness (QED) is 0.312. The molecule has 34 heavy (non-hydrogen) atoms. The second kappa shape index (κ2) is 13.3. The molecule has 184 valence electrons. The molecule has 0 heteroatoms. The van der Waals surface area contributed by atoms with Gasteiger partial charge in [0.25, 0.3) is 0 Å². The van der Waals surface area contributed by atoms with Gasteiger partial charge in [0.1, 0.15) is 0 Å².